The topological polar surface area (TPSA) is 120 Å². The van der Waals surface area contributed by atoms with Gasteiger partial charge in [0.25, 0.3) is 0 Å². The van der Waals surface area contributed by atoms with Crippen LogP contribution in [-0.4, -0.2) is 40.3 Å². The van der Waals surface area contributed by atoms with Gasteiger partial charge >= 0.3 is 11.9 Å². The van der Waals surface area contributed by atoms with E-state index in [-0.39, 0.29) is 0 Å². The van der Waals surface area contributed by atoms with E-state index < -0.39 is 18.0 Å². The van der Waals surface area contributed by atoms with Crippen molar-refractivity contribution in [2.45, 2.75) is 12.5 Å². The summed E-state index contributed by atoms with van der Waals surface area (Å²) in [5.41, 5.74) is 2.92. The smallest absolute Gasteiger partial charge is 0.414 e. The van der Waals surface area contributed by atoms with Crippen LogP contribution < -0.4 is 5.32 Å². The third-order valence-corrected chi connectivity index (χ3v) is 4.12. The molecule has 0 amide bonds. The molecule has 0 saturated heterocycles. The van der Waals surface area contributed by atoms with Crippen LogP contribution in [0.3, 0.4) is 0 Å². The van der Waals surface area contributed by atoms with Crippen molar-refractivity contribution < 1.29 is 29.3 Å². The molecule has 0 bridgehead atoms. The number of para-hydroxylation sites is 1. The minimum absolute atomic E-state index is 0.496. The van der Waals surface area contributed by atoms with Gasteiger partial charge in [0.1, 0.15) is 5.58 Å². The molecule has 0 aliphatic rings. The minimum atomic E-state index is -1.82. The molecule has 148 valence electrons. The van der Waals surface area contributed by atoms with E-state index in [0.29, 0.717) is 11.6 Å². The van der Waals surface area contributed by atoms with Crippen LogP contribution in [0.1, 0.15) is 17.2 Å². The summed E-state index contributed by atoms with van der Waals surface area (Å²) in [7, 11) is 0. The monoisotopic (exact) mass is 405 g/mol. The Kier molecular flexibility index (Phi) is 8.01. The van der Waals surface area contributed by atoms with Crippen LogP contribution >= 0.6 is 11.6 Å². The van der Waals surface area contributed by atoms with Gasteiger partial charge in [-0.05, 0) is 42.3 Å². The Morgan fingerprint density at radius 1 is 1.07 bits per heavy atom. The summed E-state index contributed by atoms with van der Waals surface area (Å²) < 4.78 is 5.52. The van der Waals surface area contributed by atoms with Crippen LogP contribution in [0, 0.1) is 0 Å². The normalized spacial score (nSPS) is 11.5. The van der Waals surface area contributed by atoms with Gasteiger partial charge in [-0.25, -0.2) is 9.59 Å². The molecule has 0 radical (unpaired) electrons. The first-order chi connectivity index (χ1) is 13.4. The zero-order chi connectivity index (χ0) is 20.5. The second-order valence-electron chi connectivity index (χ2n) is 5.89. The fourth-order valence-electron chi connectivity index (χ4n) is 2.52. The average molecular weight is 406 g/mol. The van der Waals surface area contributed by atoms with E-state index in [0.717, 1.165) is 29.5 Å². The Bertz CT molecular complexity index is 927. The molecule has 3 rings (SSSR count). The number of aliphatic hydroxyl groups excluding tert-OH is 1. The quantitative estimate of drug-likeness (QED) is 0.367. The molecular formula is C20H20ClNO6. The Morgan fingerprint density at radius 3 is 2.46 bits per heavy atom. The Labute approximate surface area is 166 Å². The number of halogens is 1. The number of rotatable bonds is 6. The van der Waals surface area contributed by atoms with Gasteiger partial charge in [-0.2, -0.15) is 0 Å². The van der Waals surface area contributed by atoms with E-state index in [9.17, 15) is 5.11 Å². The summed E-state index contributed by atoms with van der Waals surface area (Å²) in [6, 6.07) is 15.3. The largest absolute Gasteiger partial charge is 0.473 e. The number of hydrogen-bond donors (Lipinski definition) is 4. The molecule has 1 atom stereocenters. The highest BCUT2D eigenvalue weighted by Gasteiger charge is 2.08. The van der Waals surface area contributed by atoms with Gasteiger partial charge in [0.2, 0.25) is 0 Å². The lowest BCUT2D eigenvalue weighted by molar-refractivity contribution is -0.159. The van der Waals surface area contributed by atoms with Crippen molar-refractivity contribution in [3.8, 4) is 0 Å². The molecule has 4 N–H and O–H groups in total. The van der Waals surface area contributed by atoms with Crippen molar-refractivity contribution in [3.63, 3.8) is 0 Å². The van der Waals surface area contributed by atoms with Crippen molar-refractivity contribution in [1.82, 2.24) is 5.32 Å². The van der Waals surface area contributed by atoms with E-state index in [1.165, 1.54) is 5.56 Å². The van der Waals surface area contributed by atoms with Gasteiger partial charge in [0, 0.05) is 17.0 Å². The number of aliphatic hydroxyl groups is 1. The number of benzene rings is 2. The number of aliphatic carboxylic acids is 2. The SMILES string of the molecule is O=C(O)C(=O)O.OC(CNCCc1coc2ccccc12)c1cccc(Cl)c1. The zero-order valence-corrected chi connectivity index (χ0v) is 15.6. The maximum absolute atomic E-state index is 10.1. The Morgan fingerprint density at radius 2 is 1.79 bits per heavy atom. The number of carboxylic acid groups (broad SMARTS) is 2. The standard InChI is InChI=1S/C18H18ClNO2.C2H2O4/c19-15-5-3-4-13(10-15)17(21)11-20-9-8-14-12-22-18-7-2-1-6-16(14)18;3-1(4)2(5)6/h1-7,10,12,17,20-21H,8-9,11H2;(H,3,4)(H,5,6). The summed E-state index contributed by atoms with van der Waals surface area (Å²) in [5.74, 6) is -3.65. The van der Waals surface area contributed by atoms with Crippen molar-refractivity contribution in [1.29, 1.82) is 0 Å². The second kappa shape index (κ2) is 10.5. The van der Waals surface area contributed by atoms with E-state index in [1.54, 1.807) is 18.4 Å². The molecule has 1 unspecified atom stereocenters. The first-order valence-electron chi connectivity index (χ1n) is 8.44. The van der Waals surface area contributed by atoms with Crippen LogP contribution in [0.25, 0.3) is 11.0 Å². The van der Waals surface area contributed by atoms with Gasteiger partial charge in [0.05, 0.1) is 12.4 Å². The molecule has 0 fully saturated rings. The predicted octanol–water partition coefficient (Wildman–Crippen LogP) is 3.11. The average Bonchev–Trinajstić information content (AvgIpc) is 3.08. The number of fused-ring (bicyclic) bond motifs is 1. The van der Waals surface area contributed by atoms with Crippen LogP contribution in [0.2, 0.25) is 5.02 Å². The van der Waals surface area contributed by atoms with Crippen LogP contribution in [0.15, 0.2) is 59.2 Å². The van der Waals surface area contributed by atoms with E-state index in [2.05, 4.69) is 11.4 Å². The van der Waals surface area contributed by atoms with Crippen LogP contribution in [0.4, 0.5) is 0 Å². The third-order valence-electron chi connectivity index (χ3n) is 3.89. The molecule has 0 saturated carbocycles. The molecule has 0 spiro atoms. The molecule has 8 heteroatoms. The van der Waals surface area contributed by atoms with Gasteiger partial charge < -0.3 is 25.1 Å². The molecular weight excluding hydrogens is 386 g/mol. The van der Waals surface area contributed by atoms with Gasteiger partial charge in [-0.3, -0.25) is 0 Å². The molecule has 1 heterocycles. The van der Waals surface area contributed by atoms with Gasteiger partial charge in [0.15, 0.2) is 0 Å². The first kappa shape index (κ1) is 21.4. The first-order valence-corrected chi connectivity index (χ1v) is 8.82. The summed E-state index contributed by atoms with van der Waals surface area (Å²) in [6.45, 7) is 1.28. The Hall–Kier alpha value is -2.87. The van der Waals surface area contributed by atoms with Crippen molar-refractivity contribution in [3.05, 3.63) is 70.9 Å². The zero-order valence-electron chi connectivity index (χ0n) is 14.8. The number of hydrogen-bond acceptors (Lipinski definition) is 5. The second-order valence-corrected chi connectivity index (χ2v) is 6.33. The molecule has 7 nitrogen and oxygen atoms in total. The van der Waals surface area contributed by atoms with E-state index in [1.807, 2.05) is 30.3 Å². The number of nitrogens with one attached hydrogen (secondary N) is 1. The summed E-state index contributed by atoms with van der Waals surface area (Å²) >= 11 is 5.93. The molecule has 28 heavy (non-hydrogen) atoms. The number of carboxylic acids is 2. The lowest BCUT2D eigenvalue weighted by Crippen LogP contribution is -2.23. The van der Waals surface area contributed by atoms with Gasteiger partial charge in [-0.15, -0.1) is 0 Å². The van der Waals surface area contributed by atoms with Crippen molar-refractivity contribution >= 4 is 34.5 Å². The highest BCUT2D eigenvalue weighted by Crippen LogP contribution is 2.21. The van der Waals surface area contributed by atoms with Crippen molar-refractivity contribution in [2.24, 2.45) is 0 Å². The highest BCUT2D eigenvalue weighted by molar-refractivity contribution is 6.30. The summed E-state index contributed by atoms with van der Waals surface area (Å²) in [6.07, 6.45) is 2.11. The van der Waals surface area contributed by atoms with Crippen LogP contribution in [0.5, 0.6) is 0 Å². The fraction of sp³-hybridized carbons (Fsp3) is 0.200. The maximum Gasteiger partial charge on any atom is 0.414 e. The predicted molar refractivity (Wildman–Crippen MR) is 104 cm³/mol. The lowest BCUT2D eigenvalue weighted by atomic mass is 10.1. The van der Waals surface area contributed by atoms with E-state index >= 15 is 0 Å². The van der Waals surface area contributed by atoms with Crippen LogP contribution in [-0.2, 0) is 16.0 Å². The van der Waals surface area contributed by atoms with E-state index in [4.69, 9.17) is 35.8 Å². The van der Waals surface area contributed by atoms with Gasteiger partial charge in [-0.1, -0.05) is 41.9 Å². The maximum atomic E-state index is 10.1. The Balaban J connectivity index is 0.000000409. The van der Waals surface area contributed by atoms with Crippen molar-refractivity contribution in [2.75, 3.05) is 13.1 Å². The minimum Gasteiger partial charge on any atom is -0.473 e. The highest BCUT2D eigenvalue weighted by atomic mass is 35.5. The number of furan rings is 1. The molecule has 3 aromatic rings. The molecule has 0 aliphatic heterocycles. The summed E-state index contributed by atoms with van der Waals surface area (Å²) in [5, 5.41) is 30.0. The lowest BCUT2D eigenvalue weighted by Gasteiger charge is -2.12. The molecule has 0 aliphatic carbocycles. The number of carbonyl (C=O) groups is 2. The summed E-state index contributed by atoms with van der Waals surface area (Å²) in [4.78, 5) is 18.2. The fourth-order valence-corrected chi connectivity index (χ4v) is 2.72. The molecule has 1 aromatic heterocycles. The molecule has 2 aromatic carbocycles. The third kappa shape index (κ3) is 6.38.